The van der Waals surface area contributed by atoms with E-state index < -0.39 is 5.54 Å². The maximum absolute atomic E-state index is 6.02. The van der Waals surface area contributed by atoms with E-state index in [4.69, 9.17) is 15.2 Å². The summed E-state index contributed by atoms with van der Waals surface area (Å²) in [4.78, 5) is 4.36. The number of halogens is 1. The first kappa shape index (κ1) is 12.7. The standard InChI is InChI=1S/C14H15BrN2O2/c1-14(16)6-11-13(17-8-14)19-12(7-18-11)9-2-4-10(15)5-3-9/h2-6,12H,7-8,16H2,1H3. The first-order valence-electron chi connectivity index (χ1n) is 6.15. The highest BCUT2D eigenvalue weighted by molar-refractivity contribution is 9.10. The van der Waals surface area contributed by atoms with Gasteiger partial charge in [0.2, 0.25) is 0 Å². The number of fused-ring (bicyclic) bond motifs is 1. The van der Waals surface area contributed by atoms with Gasteiger partial charge in [0.1, 0.15) is 6.61 Å². The Kier molecular flexibility index (Phi) is 3.11. The van der Waals surface area contributed by atoms with Crippen LogP contribution in [-0.2, 0) is 9.47 Å². The summed E-state index contributed by atoms with van der Waals surface area (Å²) in [7, 11) is 0. The van der Waals surface area contributed by atoms with Crippen LogP contribution in [0.4, 0.5) is 0 Å². The number of dihydropyridines is 1. The average Bonchev–Trinajstić information content (AvgIpc) is 2.38. The zero-order valence-electron chi connectivity index (χ0n) is 10.6. The first-order chi connectivity index (χ1) is 9.03. The highest BCUT2D eigenvalue weighted by Crippen LogP contribution is 2.29. The zero-order valence-corrected chi connectivity index (χ0v) is 12.2. The lowest BCUT2D eigenvalue weighted by molar-refractivity contribution is 0.0438. The molecule has 0 radical (unpaired) electrons. The van der Waals surface area contributed by atoms with Crippen molar-refractivity contribution in [3.8, 4) is 0 Å². The van der Waals surface area contributed by atoms with E-state index in [2.05, 4.69) is 20.9 Å². The maximum atomic E-state index is 6.02. The molecular formula is C14H15BrN2O2. The van der Waals surface area contributed by atoms with Crippen molar-refractivity contribution < 1.29 is 9.47 Å². The predicted octanol–water partition coefficient (Wildman–Crippen LogP) is 2.55. The van der Waals surface area contributed by atoms with Crippen molar-refractivity contribution in [2.75, 3.05) is 13.2 Å². The highest BCUT2D eigenvalue weighted by atomic mass is 79.9. The van der Waals surface area contributed by atoms with Crippen molar-refractivity contribution in [1.29, 1.82) is 0 Å². The minimum absolute atomic E-state index is 0.119. The normalized spacial score (nSPS) is 29.5. The molecule has 100 valence electrons. The van der Waals surface area contributed by atoms with Gasteiger partial charge in [0.05, 0.1) is 12.1 Å². The number of nitrogens with two attached hydrogens (primary N) is 1. The van der Waals surface area contributed by atoms with Crippen LogP contribution in [0.2, 0.25) is 0 Å². The molecular weight excluding hydrogens is 308 g/mol. The van der Waals surface area contributed by atoms with Crippen molar-refractivity contribution in [3.63, 3.8) is 0 Å². The molecule has 4 nitrogen and oxygen atoms in total. The summed E-state index contributed by atoms with van der Waals surface area (Å²) in [6.07, 6.45) is 1.76. The second kappa shape index (κ2) is 4.65. The van der Waals surface area contributed by atoms with Gasteiger partial charge >= 0.3 is 0 Å². The molecule has 1 fully saturated rings. The molecule has 2 unspecified atom stereocenters. The van der Waals surface area contributed by atoms with Crippen LogP contribution in [0.5, 0.6) is 0 Å². The van der Waals surface area contributed by atoms with Crippen LogP contribution in [0.1, 0.15) is 18.6 Å². The molecule has 1 saturated heterocycles. The van der Waals surface area contributed by atoms with E-state index >= 15 is 0 Å². The van der Waals surface area contributed by atoms with E-state index in [1.54, 1.807) is 0 Å². The lowest BCUT2D eigenvalue weighted by Gasteiger charge is -2.32. The molecule has 1 aromatic rings. The largest absolute Gasteiger partial charge is 0.484 e. The van der Waals surface area contributed by atoms with Crippen molar-refractivity contribution in [2.24, 2.45) is 10.7 Å². The SMILES string of the molecule is CC1(N)C=C2OCC(c3ccc(Br)cc3)OC2=NC1. The van der Waals surface area contributed by atoms with Crippen LogP contribution in [0, 0.1) is 0 Å². The van der Waals surface area contributed by atoms with Crippen LogP contribution >= 0.6 is 15.9 Å². The van der Waals surface area contributed by atoms with Crippen molar-refractivity contribution in [3.05, 3.63) is 46.1 Å². The molecule has 3 rings (SSSR count). The second-order valence-corrected chi connectivity index (χ2v) is 6.02. The summed E-state index contributed by atoms with van der Waals surface area (Å²) < 4.78 is 12.7. The smallest absolute Gasteiger partial charge is 0.252 e. The van der Waals surface area contributed by atoms with Gasteiger partial charge in [-0.25, -0.2) is 4.99 Å². The number of hydrogen-bond donors (Lipinski definition) is 1. The Morgan fingerprint density at radius 1 is 1.37 bits per heavy atom. The van der Waals surface area contributed by atoms with Gasteiger partial charge in [0, 0.05) is 4.47 Å². The lowest BCUT2D eigenvalue weighted by Crippen LogP contribution is -2.42. The number of nitrogens with zero attached hydrogens (tertiary/aromatic N) is 1. The second-order valence-electron chi connectivity index (χ2n) is 5.10. The third kappa shape index (κ3) is 2.67. The van der Waals surface area contributed by atoms with Crippen molar-refractivity contribution >= 4 is 21.8 Å². The van der Waals surface area contributed by atoms with Gasteiger partial charge < -0.3 is 15.2 Å². The third-order valence-corrected chi connectivity index (χ3v) is 3.65. The fourth-order valence-corrected chi connectivity index (χ4v) is 2.37. The van der Waals surface area contributed by atoms with Gasteiger partial charge in [-0.3, -0.25) is 0 Å². The minimum atomic E-state index is -0.452. The Balaban J connectivity index is 1.79. The van der Waals surface area contributed by atoms with Crippen LogP contribution in [0.15, 0.2) is 45.6 Å². The molecule has 2 atom stereocenters. The monoisotopic (exact) mass is 322 g/mol. The van der Waals surface area contributed by atoms with E-state index in [9.17, 15) is 0 Å². The quantitative estimate of drug-likeness (QED) is 0.864. The van der Waals surface area contributed by atoms with Crippen LogP contribution in [0.3, 0.4) is 0 Å². The Morgan fingerprint density at radius 2 is 2.11 bits per heavy atom. The average molecular weight is 323 g/mol. The summed E-state index contributed by atoms with van der Waals surface area (Å²) >= 11 is 3.42. The number of benzene rings is 1. The Labute approximate surface area is 120 Å². The van der Waals surface area contributed by atoms with Crippen LogP contribution < -0.4 is 5.73 Å². The number of ether oxygens (including phenoxy) is 2. The Hall–Kier alpha value is -1.33. The molecule has 2 aliphatic rings. The summed E-state index contributed by atoms with van der Waals surface area (Å²) in [5.41, 5.74) is 6.65. The van der Waals surface area contributed by atoms with Gasteiger partial charge in [-0.2, -0.15) is 0 Å². The van der Waals surface area contributed by atoms with E-state index in [1.807, 2.05) is 37.3 Å². The molecule has 0 saturated carbocycles. The van der Waals surface area contributed by atoms with Gasteiger partial charge in [-0.15, -0.1) is 0 Å². The van der Waals surface area contributed by atoms with E-state index in [1.165, 1.54) is 0 Å². The fourth-order valence-electron chi connectivity index (χ4n) is 2.10. The van der Waals surface area contributed by atoms with Crippen LogP contribution in [-0.4, -0.2) is 24.6 Å². The summed E-state index contributed by atoms with van der Waals surface area (Å²) in [6, 6.07) is 8.01. The third-order valence-electron chi connectivity index (χ3n) is 3.12. The molecule has 2 N–H and O–H groups in total. The number of hydrogen-bond acceptors (Lipinski definition) is 4. The van der Waals surface area contributed by atoms with Crippen molar-refractivity contribution in [1.82, 2.24) is 0 Å². The molecule has 1 aromatic carbocycles. The Bertz CT molecular complexity index is 549. The molecule has 5 heteroatoms. The van der Waals surface area contributed by atoms with Crippen LogP contribution in [0.25, 0.3) is 0 Å². The Morgan fingerprint density at radius 3 is 2.84 bits per heavy atom. The lowest BCUT2D eigenvalue weighted by atomic mass is 10.0. The highest BCUT2D eigenvalue weighted by Gasteiger charge is 2.32. The minimum Gasteiger partial charge on any atom is -0.484 e. The molecule has 0 spiro atoms. The number of rotatable bonds is 1. The molecule has 0 aromatic heterocycles. The molecule has 19 heavy (non-hydrogen) atoms. The summed E-state index contributed by atoms with van der Waals surface area (Å²) in [5.74, 6) is 1.21. The van der Waals surface area contributed by atoms with E-state index in [0.29, 0.717) is 24.8 Å². The van der Waals surface area contributed by atoms with E-state index in [-0.39, 0.29) is 6.10 Å². The summed E-state index contributed by atoms with van der Waals surface area (Å²) in [5, 5.41) is 0. The summed E-state index contributed by atoms with van der Waals surface area (Å²) in [6.45, 7) is 2.91. The topological polar surface area (TPSA) is 56.8 Å². The molecule has 2 heterocycles. The van der Waals surface area contributed by atoms with Gasteiger partial charge in [-0.1, -0.05) is 28.1 Å². The molecule has 0 amide bonds. The van der Waals surface area contributed by atoms with Gasteiger partial charge in [-0.05, 0) is 30.7 Å². The zero-order chi connectivity index (χ0) is 13.5. The predicted molar refractivity (Wildman–Crippen MR) is 76.9 cm³/mol. The molecule has 0 bridgehead atoms. The molecule has 2 aliphatic heterocycles. The fraction of sp³-hybridized carbons (Fsp3) is 0.357. The van der Waals surface area contributed by atoms with Crippen molar-refractivity contribution in [2.45, 2.75) is 18.6 Å². The van der Waals surface area contributed by atoms with Gasteiger partial charge in [0.25, 0.3) is 5.90 Å². The van der Waals surface area contributed by atoms with E-state index in [0.717, 1.165) is 10.0 Å². The molecule has 0 aliphatic carbocycles. The maximum Gasteiger partial charge on any atom is 0.252 e. The number of aliphatic imine (C=N–C) groups is 1. The first-order valence-corrected chi connectivity index (χ1v) is 6.94. The van der Waals surface area contributed by atoms with Gasteiger partial charge in [0.15, 0.2) is 11.9 Å².